The number of rotatable bonds is 6. The first-order valence-electron chi connectivity index (χ1n) is 8.48. The van der Waals surface area contributed by atoms with E-state index in [1.807, 2.05) is 6.07 Å². The summed E-state index contributed by atoms with van der Waals surface area (Å²) in [5, 5.41) is 2.96. The SMILES string of the molecule is COc1ccc(Cl)cc1S(=O)(=O)c1ccc(NC(=O)/C=C/c2cccnc2)cc1. The van der Waals surface area contributed by atoms with Crippen LogP contribution in [0.3, 0.4) is 0 Å². The normalized spacial score (nSPS) is 11.4. The minimum absolute atomic E-state index is 0.0244. The molecule has 0 bridgehead atoms. The summed E-state index contributed by atoms with van der Waals surface area (Å²) < 4.78 is 31.0. The largest absolute Gasteiger partial charge is 0.495 e. The Hall–Kier alpha value is -3.16. The van der Waals surface area contributed by atoms with Gasteiger partial charge in [-0.05, 0) is 60.2 Å². The summed E-state index contributed by atoms with van der Waals surface area (Å²) in [6.45, 7) is 0. The Bertz CT molecular complexity index is 1150. The van der Waals surface area contributed by atoms with Gasteiger partial charge in [0, 0.05) is 29.2 Å². The van der Waals surface area contributed by atoms with Gasteiger partial charge in [0.2, 0.25) is 15.7 Å². The summed E-state index contributed by atoms with van der Waals surface area (Å²) in [6.07, 6.45) is 6.28. The smallest absolute Gasteiger partial charge is 0.248 e. The van der Waals surface area contributed by atoms with Gasteiger partial charge < -0.3 is 10.1 Å². The number of aromatic nitrogens is 1. The van der Waals surface area contributed by atoms with Crippen LogP contribution in [0.2, 0.25) is 5.02 Å². The van der Waals surface area contributed by atoms with Crippen LogP contribution >= 0.6 is 11.6 Å². The Morgan fingerprint density at radius 3 is 2.55 bits per heavy atom. The van der Waals surface area contributed by atoms with Crippen molar-refractivity contribution in [2.75, 3.05) is 12.4 Å². The molecule has 0 fully saturated rings. The third kappa shape index (κ3) is 5.01. The number of pyridine rings is 1. The summed E-state index contributed by atoms with van der Waals surface area (Å²) >= 11 is 5.95. The Morgan fingerprint density at radius 2 is 1.90 bits per heavy atom. The molecule has 1 N–H and O–H groups in total. The van der Waals surface area contributed by atoms with Crippen LogP contribution in [0.4, 0.5) is 5.69 Å². The third-order valence-electron chi connectivity index (χ3n) is 3.96. The summed E-state index contributed by atoms with van der Waals surface area (Å²) in [6, 6.07) is 13.8. The molecule has 1 aromatic heterocycles. The molecule has 3 rings (SSSR count). The van der Waals surface area contributed by atoms with Crippen LogP contribution < -0.4 is 10.1 Å². The molecule has 148 valence electrons. The van der Waals surface area contributed by atoms with Crippen LogP contribution in [-0.4, -0.2) is 26.4 Å². The molecule has 1 heterocycles. The van der Waals surface area contributed by atoms with E-state index in [0.717, 1.165) is 5.56 Å². The first-order chi connectivity index (χ1) is 13.9. The van der Waals surface area contributed by atoms with Crippen LogP contribution in [0.25, 0.3) is 6.08 Å². The zero-order valence-corrected chi connectivity index (χ0v) is 16.9. The van der Waals surface area contributed by atoms with Crippen molar-refractivity contribution in [3.63, 3.8) is 0 Å². The summed E-state index contributed by atoms with van der Waals surface area (Å²) in [5.41, 5.74) is 1.25. The van der Waals surface area contributed by atoms with Crippen molar-refractivity contribution < 1.29 is 17.9 Å². The van der Waals surface area contributed by atoms with Gasteiger partial charge in [-0.2, -0.15) is 0 Å². The Kier molecular flexibility index (Phi) is 6.31. The van der Waals surface area contributed by atoms with Gasteiger partial charge in [0.05, 0.1) is 12.0 Å². The molecule has 0 spiro atoms. The van der Waals surface area contributed by atoms with E-state index in [1.165, 1.54) is 49.6 Å². The molecule has 6 nitrogen and oxygen atoms in total. The number of carbonyl (C=O) groups excluding carboxylic acids is 1. The van der Waals surface area contributed by atoms with Gasteiger partial charge in [0.25, 0.3) is 0 Å². The zero-order chi connectivity index (χ0) is 20.9. The highest BCUT2D eigenvalue weighted by Gasteiger charge is 2.22. The topological polar surface area (TPSA) is 85.4 Å². The number of nitrogens with zero attached hydrogens (tertiary/aromatic N) is 1. The second kappa shape index (κ2) is 8.89. The van der Waals surface area contributed by atoms with Crippen molar-refractivity contribution in [1.82, 2.24) is 4.98 Å². The van der Waals surface area contributed by atoms with Crippen LogP contribution in [-0.2, 0) is 14.6 Å². The van der Waals surface area contributed by atoms with E-state index >= 15 is 0 Å². The van der Waals surface area contributed by atoms with E-state index in [1.54, 1.807) is 30.6 Å². The number of benzene rings is 2. The number of sulfone groups is 1. The van der Waals surface area contributed by atoms with Crippen molar-refractivity contribution in [1.29, 1.82) is 0 Å². The first kappa shape index (κ1) is 20.6. The highest BCUT2D eigenvalue weighted by molar-refractivity contribution is 7.91. The molecule has 0 aliphatic rings. The van der Waals surface area contributed by atoms with E-state index in [0.29, 0.717) is 5.69 Å². The standard InChI is InChI=1S/C21H17ClN2O4S/c1-28-19-10-5-16(22)13-20(19)29(26,27)18-8-6-17(7-9-18)24-21(25)11-4-15-3-2-12-23-14-15/h2-14H,1H3,(H,24,25)/b11-4+. The molecule has 1 amide bonds. The quantitative estimate of drug-likeness (QED) is 0.594. The highest BCUT2D eigenvalue weighted by Crippen LogP contribution is 2.32. The van der Waals surface area contributed by atoms with Crippen molar-refractivity contribution in [3.05, 3.63) is 83.7 Å². The van der Waals surface area contributed by atoms with Gasteiger partial charge in [-0.25, -0.2) is 8.42 Å². The lowest BCUT2D eigenvalue weighted by molar-refractivity contribution is -0.111. The number of carbonyl (C=O) groups is 1. The lowest BCUT2D eigenvalue weighted by Crippen LogP contribution is -2.08. The highest BCUT2D eigenvalue weighted by atomic mass is 35.5. The van der Waals surface area contributed by atoms with Crippen LogP contribution in [0.5, 0.6) is 5.75 Å². The Morgan fingerprint density at radius 1 is 1.14 bits per heavy atom. The maximum Gasteiger partial charge on any atom is 0.248 e. The lowest BCUT2D eigenvalue weighted by atomic mass is 10.2. The third-order valence-corrected chi connectivity index (χ3v) is 5.98. The second-order valence-corrected chi connectivity index (χ2v) is 8.29. The molecule has 8 heteroatoms. The average Bonchev–Trinajstić information content (AvgIpc) is 2.73. The van der Waals surface area contributed by atoms with Crippen LogP contribution in [0.1, 0.15) is 5.56 Å². The molecule has 2 aromatic carbocycles. The molecular formula is C21H17ClN2O4S. The van der Waals surface area contributed by atoms with E-state index in [9.17, 15) is 13.2 Å². The predicted octanol–water partition coefficient (Wildman–Crippen LogP) is 4.23. The molecule has 0 unspecified atom stereocenters. The van der Waals surface area contributed by atoms with E-state index in [2.05, 4.69) is 10.3 Å². The zero-order valence-electron chi connectivity index (χ0n) is 15.4. The second-order valence-electron chi connectivity index (χ2n) is 5.93. The van der Waals surface area contributed by atoms with Gasteiger partial charge in [0.15, 0.2) is 0 Å². The summed E-state index contributed by atoms with van der Waals surface area (Å²) in [7, 11) is -2.45. The lowest BCUT2D eigenvalue weighted by Gasteiger charge is -2.11. The fourth-order valence-electron chi connectivity index (χ4n) is 2.54. The number of amides is 1. The Balaban J connectivity index is 1.77. The fraction of sp³-hybridized carbons (Fsp3) is 0.0476. The number of methoxy groups -OCH3 is 1. The van der Waals surface area contributed by atoms with Crippen molar-refractivity contribution in [2.45, 2.75) is 9.79 Å². The number of halogens is 1. The van der Waals surface area contributed by atoms with Crippen molar-refractivity contribution in [2.24, 2.45) is 0 Å². The van der Waals surface area contributed by atoms with E-state index in [-0.39, 0.29) is 26.5 Å². The maximum absolute atomic E-state index is 12.9. The molecule has 3 aromatic rings. The monoisotopic (exact) mass is 428 g/mol. The Labute approximate surface area is 173 Å². The van der Waals surface area contributed by atoms with E-state index < -0.39 is 9.84 Å². The van der Waals surface area contributed by atoms with Crippen LogP contribution in [0, 0.1) is 0 Å². The van der Waals surface area contributed by atoms with Gasteiger partial charge in [-0.3, -0.25) is 9.78 Å². The first-order valence-corrected chi connectivity index (χ1v) is 10.3. The number of hydrogen-bond donors (Lipinski definition) is 1. The number of hydrogen-bond acceptors (Lipinski definition) is 5. The molecule has 0 saturated heterocycles. The number of ether oxygens (including phenoxy) is 1. The molecule has 0 radical (unpaired) electrons. The fourth-order valence-corrected chi connectivity index (χ4v) is 4.22. The minimum atomic E-state index is -3.84. The number of nitrogens with one attached hydrogen (secondary N) is 1. The predicted molar refractivity (Wildman–Crippen MR) is 112 cm³/mol. The molecular weight excluding hydrogens is 412 g/mol. The van der Waals surface area contributed by atoms with E-state index in [4.69, 9.17) is 16.3 Å². The van der Waals surface area contributed by atoms with Gasteiger partial charge >= 0.3 is 0 Å². The average molecular weight is 429 g/mol. The van der Waals surface area contributed by atoms with Crippen molar-refractivity contribution >= 4 is 39.1 Å². The maximum atomic E-state index is 12.9. The molecule has 0 aliphatic carbocycles. The summed E-state index contributed by atoms with van der Waals surface area (Å²) in [5.74, 6) is -0.145. The summed E-state index contributed by atoms with van der Waals surface area (Å²) in [4.78, 5) is 16.0. The van der Waals surface area contributed by atoms with Gasteiger partial charge in [0.1, 0.15) is 10.6 Å². The number of anilines is 1. The van der Waals surface area contributed by atoms with Crippen molar-refractivity contribution in [3.8, 4) is 5.75 Å². The molecule has 0 atom stereocenters. The minimum Gasteiger partial charge on any atom is -0.495 e. The van der Waals surface area contributed by atoms with Gasteiger partial charge in [-0.1, -0.05) is 17.7 Å². The molecule has 0 aliphatic heterocycles. The molecule has 0 saturated carbocycles. The van der Waals surface area contributed by atoms with Crippen LogP contribution in [0.15, 0.2) is 82.9 Å². The molecule has 29 heavy (non-hydrogen) atoms. The van der Waals surface area contributed by atoms with Gasteiger partial charge in [-0.15, -0.1) is 0 Å².